The second-order valence-electron chi connectivity index (χ2n) is 6.04. The summed E-state index contributed by atoms with van der Waals surface area (Å²) in [4.78, 5) is 29.3. The van der Waals surface area contributed by atoms with Crippen LogP contribution in [-0.2, 0) is 6.54 Å². The first-order chi connectivity index (χ1) is 13.4. The number of hydrogen-bond acceptors (Lipinski definition) is 6. The predicted molar refractivity (Wildman–Crippen MR) is 103 cm³/mol. The van der Waals surface area contributed by atoms with Crippen LogP contribution in [0.2, 0.25) is 5.02 Å². The summed E-state index contributed by atoms with van der Waals surface area (Å²) >= 11 is 5.88. The van der Waals surface area contributed by atoms with Gasteiger partial charge in [-0.2, -0.15) is 4.98 Å². The zero-order chi connectivity index (χ0) is 20.3. The molecule has 0 atom stereocenters. The summed E-state index contributed by atoms with van der Waals surface area (Å²) in [5, 5.41) is 15.7. The fourth-order valence-corrected chi connectivity index (χ4v) is 2.88. The summed E-state index contributed by atoms with van der Waals surface area (Å²) in [5.41, 5.74) is 1.24. The van der Waals surface area contributed by atoms with Crippen molar-refractivity contribution in [3.8, 4) is 11.4 Å². The highest BCUT2D eigenvalue weighted by molar-refractivity contribution is 6.30. The van der Waals surface area contributed by atoms with Crippen LogP contribution in [0.25, 0.3) is 11.4 Å². The monoisotopic (exact) mass is 400 g/mol. The maximum Gasteiger partial charge on any atom is 0.273 e. The van der Waals surface area contributed by atoms with Gasteiger partial charge >= 0.3 is 0 Å². The molecular weight excluding hydrogens is 384 g/mol. The molecule has 8 nitrogen and oxygen atoms in total. The first-order valence-corrected chi connectivity index (χ1v) is 8.90. The standard InChI is InChI=1S/C19H17ClN4O4/c1-3-23(19(25)15-5-4-6-16(12(15)2)24(26)27)11-17-21-18(22-28-17)13-7-9-14(20)10-8-13/h4-10H,3,11H2,1-2H3. The Morgan fingerprint density at radius 1 is 1.25 bits per heavy atom. The molecule has 0 N–H and O–H groups in total. The van der Waals surface area contributed by atoms with Crippen molar-refractivity contribution in [3.63, 3.8) is 0 Å². The maximum absolute atomic E-state index is 12.9. The van der Waals surface area contributed by atoms with Gasteiger partial charge in [-0.05, 0) is 44.2 Å². The van der Waals surface area contributed by atoms with Gasteiger partial charge in [-0.25, -0.2) is 0 Å². The molecule has 1 heterocycles. The Morgan fingerprint density at radius 2 is 1.96 bits per heavy atom. The van der Waals surface area contributed by atoms with E-state index in [0.717, 1.165) is 5.56 Å². The largest absolute Gasteiger partial charge is 0.337 e. The number of benzene rings is 2. The molecule has 2 aromatic carbocycles. The lowest BCUT2D eigenvalue weighted by Crippen LogP contribution is -2.31. The van der Waals surface area contributed by atoms with Gasteiger partial charge in [0.1, 0.15) is 6.54 Å². The van der Waals surface area contributed by atoms with E-state index in [0.29, 0.717) is 23.0 Å². The second-order valence-corrected chi connectivity index (χ2v) is 6.48. The number of halogens is 1. The number of aromatic nitrogens is 2. The minimum atomic E-state index is -0.501. The quantitative estimate of drug-likeness (QED) is 0.452. The molecule has 0 saturated carbocycles. The predicted octanol–water partition coefficient (Wildman–Crippen LogP) is 4.27. The highest BCUT2D eigenvalue weighted by atomic mass is 35.5. The van der Waals surface area contributed by atoms with Crippen molar-refractivity contribution < 1.29 is 14.2 Å². The highest BCUT2D eigenvalue weighted by Gasteiger charge is 2.23. The summed E-state index contributed by atoms with van der Waals surface area (Å²) in [6.07, 6.45) is 0. The highest BCUT2D eigenvalue weighted by Crippen LogP contribution is 2.23. The Labute approximate surface area is 165 Å². The van der Waals surface area contributed by atoms with Gasteiger partial charge in [0.15, 0.2) is 0 Å². The molecule has 0 radical (unpaired) electrons. The van der Waals surface area contributed by atoms with Crippen LogP contribution in [0.3, 0.4) is 0 Å². The van der Waals surface area contributed by atoms with Crippen molar-refractivity contribution in [1.82, 2.24) is 15.0 Å². The number of carbonyl (C=O) groups excluding carboxylic acids is 1. The summed E-state index contributed by atoms with van der Waals surface area (Å²) in [7, 11) is 0. The summed E-state index contributed by atoms with van der Waals surface area (Å²) in [6.45, 7) is 3.84. The van der Waals surface area contributed by atoms with Gasteiger partial charge in [0, 0.05) is 34.3 Å². The van der Waals surface area contributed by atoms with Gasteiger partial charge in [-0.3, -0.25) is 14.9 Å². The molecule has 1 aromatic heterocycles. The van der Waals surface area contributed by atoms with E-state index in [9.17, 15) is 14.9 Å². The first kappa shape index (κ1) is 19.5. The molecule has 0 bridgehead atoms. The summed E-state index contributed by atoms with van der Waals surface area (Å²) < 4.78 is 5.26. The molecule has 9 heteroatoms. The summed E-state index contributed by atoms with van der Waals surface area (Å²) in [5.74, 6) is 0.319. The molecule has 0 unspecified atom stereocenters. The Kier molecular flexibility index (Phi) is 5.70. The molecule has 0 spiro atoms. The Hall–Kier alpha value is -3.26. The van der Waals surface area contributed by atoms with Crippen molar-refractivity contribution in [3.05, 3.63) is 74.6 Å². The molecule has 0 aliphatic carbocycles. The fourth-order valence-electron chi connectivity index (χ4n) is 2.75. The van der Waals surface area contributed by atoms with E-state index < -0.39 is 4.92 Å². The number of hydrogen-bond donors (Lipinski definition) is 0. The zero-order valence-electron chi connectivity index (χ0n) is 15.3. The van der Waals surface area contributed by atoms with E-state index in [4.69, 9.17) is 16.1 Å². The van der Waals surface area contributed by atoms with Crippen LogP contribution in [0, 0.1) is 17.0 Å². The van der Waals surface area contributed by atoms with E-state index in [2.05, 4.69) is 10.1 Å². The van der Waals surface area contributed by atoms with Gasteiger partial charge in [0.25, 0.3) is 11.6 Å². The van der Waals surface area contributed by atoms with Crippen LogP contribution in [0.1, 0.15) is 28.7 Å². The smallest absolute Gasteiger partial charge is 0.273 e. The normalized spacial score (nSPS) is 10.7. The maximum atomic E-state index is 12.9. The lowest BCUT2D eigenvalue weighted by molar-refractivity contribution is -0.385. The van der Waals surface area contributed by atoms with Gasteiger partial charge < -0.3 is 9.42 Å². The Morgan fingerprint density at radius 3 is 2.61 bits per heavy atom. The number of nitrogens with zero attached hydrogens (tertiary/aromatic N) is 4. The molecule has 1 amide bonds. The van der Waals surface area contributed by atoms with E-state index >= 15 is 0 Å². The molecule has 3 aromatic rings. The van der Waals surface area contributed by atoms with Crippen LogP contribution < -0.4 is 0 Å². The lowest BCUT2D eigenvalue weighted by Gasteiger charge is -2.19. The molecular formula is C19H17ClN4O4. The van der Waals surface area contributed by atoms with Crippen molar-refractivity contribution >= 4 is 23.2 Å². The van der Waals surface area contributed by atoms with E-state index in [1.807, 2.05) is 0 Å². The van der Waals surface area contributed by atoms with Gasteiger partial charge in [0.2, 0.25) is 11.7 Å². The van der Waals surface area contributed by atoms with Crippen LogP contribution in [0.15, 0.2) is 47.0 Å². The summed E-state index contributed by atoms with van der Waals surface area (Å²) in [6, 6.07) is 11.4. The lowest BCUT2D eigenvalue weighted by atomic mass is 10.1. The minimum Gasteiger partial charge on any atom is -0.337 e. The van der Waals surface area contributed by atoms with Gasteiger partial charge in [0.05, 0.1) is 4.92 Å². The SMILES string of the molecule is CCN(Cc1nc(-c2ccc(Cl)cc2)no1)C(=O)c1cccc([N+](=O)[O-])c1C. The first-order valence-electron chi connectivity index (χ1n) is 8.52. The third-order valence-electron chi connectivity index (χ3n) is 4.30. The molecule has 28 heavy (non-hydrogen) atoms. The Balaban J connectivity index is 1.81. The molecule has 0 aliphatic rings. The van der Waals surface area contributed by atoms with Gasteiger partial charge in [-0.15, -0.1) is 0 Å². The van der Waals surface area contributed by atoms with Crippen LogP contribution >= 0.6 is 11.6 Å². The van der Waals surface area contributed by atoms with Crippen LogP contribution in [0.4, 0.5) is 5.69 Å². The van der Waals surface area contributed by atoms with Crippen molar-refractivity contribution in [2.45, 2.75) is 20.4 Å². The van der Waals surface area contributed by atoms with Crippen molar-refractivity contribution in [1.29, 1.82) is 0 Å². The topological polar surface area (TPSA) is 102 Å². The number of amides is 1. The molecule has 3 rings (SSSR count). The average molecular weight is 401 g/mol. The minimum absolute atomic E-state index is 0.0929. The zero-order valence-corrected chi connectivity index (χ0v) is 16.0. The molecule has 0 fully saturated rings. The number of carbonyl (C=O) groups is 1. The number of rotatable bonds is 6. The number of nitro groups is 1. The molecule has 0 aliphatic heterocycles. The van der Waals surface area contributed by atoms with E-state index in [1.54, 1.807) is 44.2 Å². The van der Waals surface area contributed by atoms with Crippen molar-refractivity contribution in [2.24, 2.45) is 0 Å². The van der Waals surface area contributed by atoms with Crippen molar-refractivity contribution in [2.75, 3.05) is 6.54 Å². The fraction of sp³-hybridized carbons (Fsp3) is 0.211. The van der Waals surface area contributed by atoms with Crippen LogP contribution in [0.5, 0.6) is 0 Å². The average Bonchev–Trinajstić information content (AvgIpc) is 3.14. The number of nitro benzene ring substituents is 1. The third kappa shape index (κ3) is 4.01. The van der Waals surface area contributed by atoms with Gasteiger partial charge in [-0.1, -0.05) is 22.8 Å². The van der Waals surface area contributed by atoms with E-state index in [-0.39, 0.29) is 29.6 Å². The molecule has 144 valence electrons. The third-order valence-corrected chi connectivity index (χ3v) is 4.55. The second kappa shape index (κ2) is 8.18. The van der Waals surface area contributed by atoms with Crippen LogP contribution in [-0.4, -0.2) is 32.4 Å². The van der Waals surface area contributed by atoms with E-state index in [1.165, 1.54) is 17.0 Å². The molecule has 0 saturated heterocycles. The Bertz CT molecular complexity index is 1020.